The highest BCUT2D eigenvalue weighted by atomic mass is 14.5. The Kier molecular flexibility index (Phi) is 5.74. The molecule has 4 unspecified atom stereocenters. The van der Waals surface area contributed by atoms with Gasteiger partial charge in [0.2, 0.25) is 0 Å². The summed E-state index contributed by atoms with van der Waals surface area (Å²) in [5.41, 5.74) is 0. The van der Waals surface area contributed by atoms with Crippen molar-refractivity contribution in [1.82, 2.24) is 0 Å². The molecule has 0 radical (unpaired) electrons. The van der Waals surface area contributed by atoms with Gasteiger partial charge < -0.3 is 0 Å². The van der Waals surface area contributed by atoms with Crippen molar-refractivity contribution in [3.05, 3.63) is 0 Å². The Bertz CT molecular complexity index is 186. The molecule has 0 aliphatic heterocycles. The van der Waals surface area contributed by atoms with Gasteiger partial charge in [0.05, 0.1) is 0 Å². The molecule has 2 rings (SSSR count). The van der Waals surface area contributed by atoms with Crippen molar-refractivity contribution in [2.45, 2.75) is 68.2 Å². The van der Waals surface area contributed by atoms with E-state index in [1.54, 1.807) is 0 Å². The summed E-state index contributed by atoms with van der Waals surface area (Å²) >= 11 is 0. The molecule has 0 aromatic carbocycles. The number of hydrogen-bond donors (Lipinski definition) is 0. The molecular formula is C18H36. The Balaban J connectivity index is 0.000000180. The first-order valence-corrected chi connectivity index (χ1v) is 8.25. The maximum Gasteiger partial charge on any atom is -0.0357 e. The molecule has 0 spiro atoms. The Morgan fingerprint density at radius 3 is 0.667 bits per heavy atom. The average Bonchev–Trinajstić information content (AvgIpc) is 3.12. The molecule has 4 atom stereocenters. The molecule has 2 aliphatic carbocycles. The van der Waals surface area contributed by atoms with Gasteiger partial charge in [-0.25, -0.2) is 0 Å². The molecular weight excluding hydrogens is 216 g/mol. The Hall–Kier alpha value is 0. The maximum atomic E-state index is 2.34. The van der Waals surface area contributed by atoms with Crippen LogP contribution in [-0.4, -0.2) is 0 Å². The van der Waals surface area contributed by atoms with Crippen LogP contribution in [0.15, 0.2) is 0 Å². The van der Waals surface area contributed by atoms with Crippen LogP contribution in [0.3, 0.4) is 0 Å². The maximum absolute atomic E-state index is 2.34. The Morgan fingerprint density at radius 1 is 0.444 bits per heavy atom. The van der Waals surface area contributed by atoms with Gasteiger partial charge in [0.1, 0.15) is 0 Å². The van der Waals surface area contributed by atoms with Gasteiger partial charge in [0, 0.05) is 0 Å². The minimum atomic E-state index is 0.928. The van der Waals surface area contributed by atoms with E-state index >= 15 is 0 Å². The van der Waals surface area contributed by atoms with Gasteiger partial charge in [-0.1, -0.05) is 55.4 Å². The monoisotopic (exact) mass is 252 g/mol. The summed E-state index contributed by atoms with van der Waals surface area (Å²) in [6.45, 7) is 18.7. The standard InChI is InChI=1S/2C9H18/c2*1-6(2)8-5-9(8)7(3)4/h2*6-9H,5H2,1-4H3. The van der Waals surface area contributed by atoms with Gasteiger partial charge in [-0.3, -0.25) is 0 Å². The normalized spacial score (nSPS) is 34.0. The lowest BCUT2D eigenvalue weighted by Crippen LogP contribution is -1.97. The predicted molar refractivity (Wildman–Crippen MR) is 82.5 cm³/mol. The average molecular weight is 252 g/mol. The van der Waals surface area contributed by atoms with Crippen molar-refractivity contribution in [3.63, 3.8) is 0 Å². The summed E-state index contributed by atoms with van der Waals surface area (Å²) in [5.74, 6) is 7.95. The molecule has 2 aliphatic rings. The van der Waals surface area contributed by atoms with E-state index in [-0.39, 0.29) is 0 Å². The largest absolute Gasteiger partial charge is 0.0625 e. The predicted octanol–water partition coefficient (Wildman–Crippen LogP) is 5.87. The third-order valence-electron chi connectivity index (χ3n) is 5.21. The van der Waals surface area contributed by atoms with Crippen LogP contribution in [0.1, 0.15) is 68.2 Å². The quantitative estimate of drug-likeness (QED) is 0.587. The lowest BCUT2D eigenvalue weighted by Gasteiger charge is -2.04. The van der Waals surface area contributed by atoms with Crippen molar-refractivity contribution in [2.75, 3.05) is 0 Å². The molecule has 2 fully saturated rings. The lowest BCUT2D eigenvalue weighted by molar-refractivity contribution is 0.448. The zero-order valence-corrected chi connectivity index (χ0v) is 14.0. The second-order valence-electron chi connectivity index (χ2n) is 8.10. The molecule has 0 heteroatoms. The van der Waals surface area contributed by atoms with E-state index < -0.39 is 0 Å². The van der Waals surface area contributed by atoms with Gasteiger partial charge >= 0.3 is 0 Å². The number of rotatable bonds is 4. The molecule has 2 saturated carbocycles. The van der Waals surface area contributed by atoms with Gasteiger partial charge in [0.25, 0.3) is 0 Å². The van der Waals surface area contributed by atoms with Crippen molar-refractivity contribution in [3.8, 4) is 0 Å². The van der Waals surface area contributed by atoms with Crippen molar-refractivity contribution in [1.29, 1.82) is 0 Å². The van der Waals surface area contributed by atoms with E-state index in [0.29, 0.717) is 0 Å². The number of hydrogen-bond acceptors (Lipinski definition) is 0. The first kappa shape index (κ1) is 16.1. The first-order valence-electron chi connectivity index (χ1n) is 8.25. The van der Waals surface area contributed by atoms with Gasteiger partial charge in [-0.15, -0.1) is 0 Å². The lowest BCUT2D eigenvalue weighted by atomic mass is 10.0. The molecule has 18 heavy (non-hydrogen) atoms. The van der Waals surface area contributed by atoms with E-state index in [2.05, 4.69) is 55.4 Å². The second kappa shape index (κ2) is 6.44. The molecule has 0 amide bonds. The summed E-state index contributed by atoms with van der Waals surface area (Å²) in [7, 11) is 0. The topological polar surface area (TPSA) is 0 Å². The molecule has 0 aromatic heterocycles. The molecule has 0 saturated heterocycles. The van der Waals surface area contributed by atoms with Crippen molar-refractivity contribution >= 4 is 0 Å². The molecule has 0 N–H and O–H groups in total. The zero-order valence-electron chi connectivity index (χ0n) is 14.0. The van der Waals surface area contributed by atoms with Crippen LogP contribution in [0, 0.1) is 47.3 Å². The third kappa shape index (κ3) is 4.59. The summed E-state index contributed by atoms with van der Waals surface area (Å²) in [4.78, 5) is 0. The highest BCUT2D eigenvalue weighted by molar-refractivity contribution is 4.90. The fraction of sp³-hybridized carbons (Fsp3) is 1.00. The van der Waals surface area contributed by atoms with Gasteiger partial charge in [-0.05, 0) is 60.2 Å². The van der Waals surface area contributed by atoms with E-state index in [4.69, 9.17) is 0 Å². The van der Waals surface area contributed by atoms with E-state index in [0.717, 1.165) is 47.3 Å². The highest BCUT2D eigenvalue weighted by Gasteiger charge is 2.41. The minimum absolute atomic E-state index is 0.928. The molecule has 108 valence electrons. The fourth-order valence-electron chi connectivity index (χ4n) is 3.54. The van der Waals surface area contributed by atoms with Crippen molar-refractivity contribution < 1.29 is 0 Å². The van der Waals surface area contributed by atoms with Crippen LogP contribution >= 0.6 is 0 Å². The van der Waals surface area contributed by atoms with Gasteiger partial charge in [0.15, 0.2) is 0 Å². The van der Waals surface area contributed by atoms with Crippen LogP contribution in [0.25, 0.3) is 0 Å². The second-order valence-corrected chi connectivity index (χ2v) is 8.10. The van der Waals surface area contributed by atoms with Crippen LogP contribution in [0.2, 0.25) is 0 Å². The summed E-state index contributed by atoms with van der Waals surface area (Å²) in [5, 5.41) is 0. The van der Waals surface area contributed by atoms with E-state index in [9.17, 15) is 0 Å². The fourth-order valence-corrected chi connectivity index (χ4v) is 3.54. The molecule has 0 heterocycles. The van der Waals surface area contributed by atoms with E-state index in [1.807, 2.05) is 0 Å². The summed E-state index contributed by atoms with van der Waals surface area (Å²) in [6, 6.07) is 0. The highest BCUT2D eigenvalue weighted by Crippen LogP contribution is 2.49. The first-order chi connectivity index (χ1) is 8.25. The molecule has 0 nitrogen and oxygen atoms in total. The Labute approximate surface area is 116 Å². The third-order valence-corrected chi connectivity index (χ3v) is 5.21. The Morgan fingerprint density at radius 2 is 0.611 bits per heavy atom. The van der Waals surface area contributed by atoms with Crippen LogP contribution in [0.5, 0.6) is 0 Å². The van der Waals surface area contributed by atoms with Gasteiger partial charge in [-0.2, -0.15) is 0 Å². The van der Waals surface area contributed by atoms with Crippen LogP contribution in [0.4, 0.5) is 0 Å². The van der Waals surface area contributed by atoms with Crippen molar-refractivity contribution in [2.24, 2.45) is 47.3 Å². The van der Waals surface area contributed by atoms with E-state index in [1.165, 1.54) is 12.8 Å². The molecule has 0 aromatic rings. The zero-order chi connectivity index (χ0) is 14.0. The van der Waals surface area contributed by atoms with Crippen LogP contribution < -0.4 is 0 Å². The smallest absolute Gasteiger partial charge is 0.0357 e. The minimum Gasteiger partial charge on any atom is -0.0625 e. The SMILES string of the molecule is CC(C)C1CC1C(C)C.CC(C)C1CC1C(C)C. The van der Waals surface area contributed by atoms with Crippen LogP contribution in [-0.2, 0) is 0 Å². The molecule has 0 bridgehead atoms. The summed E-state index contributed by atoms with van der Waals surface area (Å²) in [6.07, 6.45) is 2.99. The summed E-state index contributed by atoms with van der Waals surface area (Å²) < 4.78 is 0.